The summed E-state index contributed by atoms with van der Waals surface area (Å²) in [7, 11) is 0. The van der Waals surface area contributed by atoms with E-state index in [9.17, 15) is 9.59 Å². The van der Waals surface area contributed by atoms with Crippen molar-refractivity contribution < 1.29 is 19.1 Å². The number of benzene rings is 1. The van der Waals surface area contributed by atoms with Gasteiger partial charge in [-0.1, -0.05) is 26.0 Å². The first kappa shape index (κ1) is 22.4. The molecule has 1 aromatic heterocycles. The van der Waals surface area contributed by atoms with Gasteiger partial charge in [-0.05, 0) is 42.0 Å². The Morgan fingerprint density at radius 3 is 2.53 bits per heavy atom. The van der Waals surface area contributed by atoms with Crippen molar-refractivity contribution in [1.29, 1.82) is 0 Å². The van der Waals surface area contributed by atoms with Crippen LogP contribution in [0.4, 0.5) is 0 Å². The zero-order valence-corrected chi connectivity index (χ0v) is 19.0. The maximum absolute atomic E-state index is 13.3. The average Bonchev–Trinajstić information content (AvgIpc) is 3.37. The predicted molar refractivity (Wildman–Crippen MR) is 118 cm³/mol. The second kappa shape index (κ2) is 10.2. The molecule has 0 radical (unpaired) electrons. The summed E-state index contributed by atoms with van der Waals surface area (Å²) in [5.41, 5.74) is 0.941. The third kappa shape index (κ3) is 5.89. The van der Waals surface area contributed by atoms with Crippen LogP contribution in [0.3, 0.4) is 0 Å². The molecule has 0 bridgehead atoms. The molecule has 0 aliphatic carbocycles. The molecule has 1 aliphatic rings. The molecule has 0 N–H and O–H groups in total. The van der Waals surface area contributed by atoms with E-state index in [-0.39, 0.29) is 31.1 Å². The summed E-state index contributed by atoms with van der Waals surface area (Å²) in [4.78, 5) is 30.2. The number of hydrogen-bond donors (Lipinski definition) is 0. The van der Waals surface area contributed by atoms with E-state index >= 15 is 0 Å². The van der Waals surface area contributed by atoms with Crippen LogP contribution < -0.4 is 9.47 Å². The highest BCUT2D eigenvalue weighted by Crippen LogP contribution is 2.33. The largest absolute Gasteiger partial charge is 0.454 e. The van der Waals surface area contributed by atoms with Crippen LogP contribution in [-0.4, -0.2) is 46.9 Å². The van der Waals surface area contributed by atoms with Crippen molar-refractivity contribution in [1.82, 2.24) is 9.80 Å². The second-order valence-electron chi connectivity index (χ2n) is 7.75. The quantitative estimate of drug-likeness (QED) is 0.539. The Bertz CT molecular complexity index is 870. The molecule has 2 aromatic rings. The highest BCUT2D eigenvalue weighted by Gasteiger charge is 2.25. The highest BCUT2D eigenvalue weighted by molar-refractivity contribution is 7.09. The topological polar surface area (TPSA) is 59.1 Å². The van der Waals surface area contributed by atoms with Gasteiger partial charge in [-0.2, -0.15) is 0 Å². The molecule has 8 heteroatoms. The second-order valence-corrected chi connectivity index (χ2v) is 9.43. The van der Waals surface area contributed by atoms with Gasteiger partial charge in [0.2, 0.25) is 18.6 Å². The molecule has 6 nitrogen and oxygen atoms in total. The van der Waals surface area contributed by atoms with Crippen molar-refractivity contribution in [3.8, 4) is 11.5 Å². The molecule has 162 valence electrons. The first-order chi connectivity index (χ1) is 14.3. The Balaban J connectivity index is 1.78. The lowest BCUT2D eigenvalue weighted by atomic mass is 10.1. The van der Waals surface area contributed by atoms with E-state index in [2.05, 4.69) is 0 Å². The lowest BCUT2D eigenvalue weighted by Crippen LogP contribution is -2.45. The van der Waals surface area contributed by atoms with E-state index in [0.29, 0.717) is 31.1 Å². The Morgan fingerprint density at radius 2 is 1.87 bits per heavy atom. The number of thiophene rings is 1. The number of hydrogen-bond acceptors (Lipinski definition) is 5. The van der Waals surface area contributed by atoms with Crippen LogP contribution >= 0.6 is 22.9 Å². The van der Waals surface area contributed by atoms with Gasteiger partial charge in [0.05, 0.1) is 13.1 Å². The van der Waals surface area contributed by atoms with Crippen LogP contribution in [0.2, 0.25) is 0 Å². The number of alkyl halides is 1. The summed E-state index contributed by atoms with van der Waals surface area (Å²) in [6.07, 6.45) is 0. The molecular formula is C22H27ClN2O4S. The van der Waals surface area contributed by atoms with Crippen LogP contribution in [0.5, 0.6) is 11.5 Å². The summed E-state index contributed by atoms with van der Waals surface area (Å²) >= 11 is 7.63. The average molecular weight is 451 g/mol. The molecule has 3 rings (SSSR count). The summed E-state index contributed by atoms with van der Waals surface area (Å²) < 4.78 is 10.8. The van der Waals surface area contributed by atoms with E-state index in [4.69, 9.17) is 21.1 Å². The van der Waals surface area contributed by atoms with Gasteiger partial charge < -0.3 is 19.3 Å². The van der Waals surface area contributed by atoms with Gasteiger partial charge in [0, 0.05) is 18.0 Å². The number of carbonyl (C=O) groups excluding carboxylic acids is 2. The minimum atomic E-state index is -0.670. The summed E-state index contributed by atoms with van der Waals surface area (Å²) in [5.74, 6) is 1.28. The Labute approximate surface area is 186 Å². The number of carbonyl (C=O) groups is 2. The Morgan fingerprint density at radius 1 is 1.10 bits per heavy atom. The third-order valence-corrected chi connectivity index (χ3v) is 5.70. The number of rotatable bonds is 9. The van der Waals surface area contributed by atoms with Crippen molar-refractivity contribution >= 4 is 34.8 Å². The van der Waals surface area contributed by atoms with Crippen molar-refractivity contribution in [3.63, 3.8) is 0 Å². The monoisotopic (exact) mass is 450 g/mol. The molecule has 0 spiro atoms. The third-order valence-electron chi connectivity index (χ3n) is 4.65. The van der Waals surface area contributed by atoms with E-state index in [1.165, 1.54) is 0 Å². The van der Waals surface area contributed by atoms with Crippen LogP contribution in [0.1, 0.15) is 31.2 Å². The van der Waals surface area contributed by atoms with Crippen LogP contribution in [-0.2, 0) is 22.7 Å². The van der Waals surface area contributed by atoms with Gasteiger partial charge in [-0.15, -0.1) is 22.9 Å². The van der Waals surface area contributed by atoms with Crippen molar-refractivity contribution in [2.24, 2.45) is 5.92 Å². The van der Waals surface area contributed by atoms with Crippen molar-refractivity contribution in [2.45, 2.75) is 39.2 Å². The normalized spacial score (nSPS) is 13.4. The molecule has 0 saturated carbocycles. The number of ether oxygens (including phenoxy) is 2. The first-order valence-corrected chi connectivity index (χ1v) is 11.3. The number of nitrogens with zero attached hydrogens (tertiary/aromatic N) is 2. The lowest BCUT2D eigenvalue weighted by Gasteiger charge is -2.29. The number of amides is 2. The van der Waals surface area contributed by atoms with Crippen LogP contribution in [0.25, 0.3) is 0 Å². The summed E-state index contributed by atoms with van der Waals surface area (Å²) in [6, 6.07) is 9.65. The highest BCUT2D eigenvalue weighted by atomic mass is 35.5. The summed E-state index contributed by atoms with van der Waals surface area (Å²) in [6.45, 7) is 7.25. The zero-order chi connectivity index (χ0) is 21.7. The zero-order valence-electron chi connectivity index (χ0n) is 17.5. The van der Waals surface area contributed by atoms with Gasteiger partial charge in [0.15, 0.2) is 11.5 Å². The van der Waals surface area contributed by atoms with Crippen LogP contribution in [0, 0.1) is 5.92 Å². The number of fused-ring (bicyclic) bond motifs is 1. The molecule has 0 fully saturated rings. The molecule has 1 atom stereocenters. The van der Waals surface area contributed by atoms with Gasteiger partial charge >= 0.3 is 0 Å². The van der Waals surface area contributed by atoms with Crippen LogP contribution in [0.15, 0.2) is 35.7 Å². The molecular weight excluding hydrogens is 424 g/mol. The van der Waals surface area contributed by atoms with Crippen molar-refractivity contribution in [2.75, 3.05) is 19.9 Å². The maximum atomic E-state index is 13.3. The molecule has 30 heavy (non-hydrogen) atoms. The molecule has 1 aromatic carbocycles. The van der Waals surface area contributed by atoms with E-state index in [1.807, 2.05) is 49.6 Å². The molecule has 1 aliphatic heterocycles. The first-order valence-electron chi connectivity index (χ1n) is 9.95. The fourth-order valence-electron chi connectivity index (χ4n) is 3.27. The molecule has 0 saturated heterocycles. The molecule has 2 heterocycles. The smallest absolute Gasteiger partial charge is 0.242 e. The lowest BCUT2D eigenvalue weighted by molar-refractivity contribution is -0.141. The van der Waals surface area contributed by atoms with Crippen molar-refractivity contribution in [3.05, 3.63) is 46.2 Å². The molecule has 2 amide bonds. The fourth-order valence-corrected chi connectivity index (χ4v) is 4.13. The van der Waals surface area contributed by atoms with E-state index in [1.54, 1.807) is 28.1 Å². The van der Waals surface area contributed by atoms with Gasteiger partial charge in [0.1, 0.15) is 5.38 Å². The van der Waals surface area contributed by atoms with Gasteiger partial charge in [0.25, 0.3) is 0 Å². The minimum absolute atomic E-state index is 0.00397. The van der Waals surface area contributed by atoms with Gasteiger partial charge in [-0.25, -0.2) is 0 Å². The van der Waals surface area contributed by atoms with Gasteiger partial charge in [-0.3, -0.25) is 9.59 Å². The standard InChI is InChI=1S/C22H27ClN2O4S/c1-15(2)10-25(22(27)16(3)23)13-21(26)24(12-18-5-4-8-30-18)11-17-6-7-19-20(9-17)29-14-28-19/h4-9,15-16H,10-14H2,1-3H3. The fraction of sp³-hybridized carbons (Fsp3) is 0.455. The SMILES string of the molecule is CC(C)CN(CC(=O)N(Cc1ccc2c(c1)OCO2)Cc1cccs1)C(=O)C(C)Cl. The maximum Gasteiger partial charge on any atom is 0.242 e. The number of halogens is 1. The Hall–Kier alpha value is -2.25. The van der Waals surface area contributed by atoms with E-state index < -0.39 is 5.38 Å². The summed E-state index contributed by atoms with van der Waals surface area (Å²) in [5, 5.41) is 1.32. The molecule has 1 unspecified atom stereocenters. The predicted octanol–water partition coefficient (Wildman–Crippen LogP) is 4.12. The van der Waals surface area contributed by atoms with E-state index in [0.717, 1.165) is 10.4 Å². The Kier molecular flexibility index (Phi) is 7.61. The minimum Gasteiger partial charge on any atom is -0.454 e.